The number of hydrogen-bond donors (Lipinski definition) is 1. The smallest absolute Gasteiger partial charge is 0.0551 e. The summed E-state index contributed by atoms with van der Waals surface area (Å²) in [5, 5.41) is 0. The van der Waals surface area contributed by atoms with Gasteiger partial charge in [0.05, 0.1) is 6.04 Å². The molecule has 10 heavy (non-hydrogen) atoms. The molecule has 0 saturated carbocycles. The van der Waals surface area contributed by atoms with Crippen LogP contribution < -0.4 is 5.73 Å². The fourth-order valence-corrected chi connectivity index (χ4v) is 1.05. The second-order valence-corrected chi connectivity index (χ2v) is 2.95. The first kappa shape index (κ1) is 7.32. The number of nitrogens with zero attached hydrogens (tertiary/aromatic N) is 1. The summed E-state index contributed by atoms with van der Waals surface area (Å²) in [6.45, 7) is 6.20. The Morgan fingerprint density at radius 2 is 2.10 bits per heavy atom. The molecule has 0 aliphatic carbocycles. The van der Waals surface area contributed by atoms with Crippen LogP contribution in [0.15, 0.2) is 16.3 Å². The highest BCUT2D eigenvalue weighted by Gasteiger charge is 2.17. The van der Waals surface area contributed by atoms with E-state index in [9.17, 15) is 0 Å². The molecule has 0 saturated heterocycles. The van der Waals surface area contributed by atoms with Crippen LogP contribution in [0.5, 0.6) is 0 Å². The van der Waals surface area contributed by atoms with Crippen LogP contribution in [0.1, 0.15) is 20.8 Å². The van der Waals surface area contributed by atoms with Gasteiger partial charge < -0.3 is 5.73 Å². The summed E-state index contributed by atoms with van der Waals surface area (Å²) in [6, 6.07) is 0.351. The molecular weight excluding hydrogens is 124 g/mol. The Morgan fingerprint density at radius 3 is 2.60 bits per heavy atom. The van der Waals surface area contributed by atoms with E-state index in [2.05, 4.69) is 18.8 Å². The van der Waals surface area contributed by atoms with E-state index in [0.717, 1.165) is 11.3 Å². The van der Waals surface area contributed by atoms with Gasteiger partial charge in [0.25, 0.3) is 0 Å². The summed E-state index contributed by atoms with van der Waals surface area (Å²) in [6.07, 6.45) is 1.86. The third-order valence-corrected chi connectivity index (χ3v) is 2.17. The predicted molar refractivity (Wildman–Crippen MR) is 44.0 cm³/mol. The van der Waals surface area contributed by atoms with Crippen molar-refractivity contribution in [2.75, 3.05) is 0 Å². The van der Waals surface area contributed by atoms with E-state index in [1.54, 1.807) is 0 Å². The Kier molecular flexibility index (Phi) is 1.79. The molecule has 2 nitrogen and oxygen atoms in total. The number of aliphatic imine (C=N–C) groups is 1. The highest BCUT2D eigenvalue weighted by Crippen LogP contribution is 2.19. The molecule has 2 heteroatoms. The van der Waals surface area contributed by atoms with Crippen molar-refractivity contribution >= 4 is 6.21 Å². The molecule has 2 N–H and O–H groups in total. The SMILES string of the molecule is CC1=C(N)C(C)C(C)N=C1. The van der Waals surface area contributed by atoms with E-state index < -0.39 is 0 Å². The third-order valence-electron chi connectivity index (χ3n) is 2.17. The van der Waals surface area contributed by atoms with Crippen molar-refractivity contribution in [2.45, 2.75) is 26.8 Å². The average Bonchev–Trinajstić information content (AvgIpc) is 1.93. The van der Waals surface area contributed by atoms with Crippen molar-refractivity contribution in [3.8, 4) is 0 Å². The lowest BCUT2D eigenvalue weighted by atomic mass is 9.95. The Morgan fingerprint density at radius 1 is 1.50 bits per heavy atom. The van der Waals surface area contributed by atoms with Gasteiger partial charge in [0.1, 0.15) is 0 Å². The van der Waals surface area contributed by atoms with Gasteiger partial charge in [0.15, 0.2) is 0 Å². The zero-order valence-corrected chi connectivity index (χ0v) is 6.76. The van der Waals surface area contributed by atoms with Gasteiger partial charge in [-0.1, -0.05) is 6.92 Å². The molecule has 0 fully saturated rings. The fraction of sp³-hybridized carbons (Fsp3) is 0.625. The summed E-state index contributed by atoms with van der Waals surface area (Å²) in [5.41, 5.74) is 7.91. The minimum absolute atomic E-state index is 0.351. The lowest BCUT2D eigenvalue weighted by molar-refractivity contribution is 0.542. The van der Waals surface area contributed by atoms with Gasteiger partial charge in [0.2, 0.25) is 0 Å². The molecular formula is C8H14N2. The van der Waals surface area contributed by atoms with Crippen molar-refractivity contribution in [1.82, 2.24) is 0 Å². The molecule has 0 bridgehead atoms. The number of nitrogens with two attached hydrogens (primary N) is 1. The van der Waals surface area contributed by atoms with Crippen LogP contribution >= 0.6 is 0 Å². The van der Waals surface area contributed by atoms with Crippen LogP contribution in [0.4, 0.5) is 0 Å². The standard InChI is InChI=1S/C8H14N2/c1-5-4-10-7(3)6(2)8(5)9/h4,6-7H,9H2,1-3H3. The number of rotatable bonds is 0. The third kappa shape index (κ3) is 1.06. The summed E-state index contributed by atoms with van der Waals surface area (Å²) in [4.78, 5) is 4.28. The number of hydrogen-bond acceptors (Lipinski definition) is 2. The van der Waals surface area contributed by atoms with E-state index >= 15 is 0 Å². The second kappa shape index (κ2) is 2.45. The van der Waals surface area contributed by atoms with Gasteiger partial charge in [-0.3, -0.25) is 4.99 Å². The van der Waals surface area contributed by atoms with Crippen LogP contribution in [0.25, 0.3) is 0 Å². The van der Waals surface area contributed by atoms with Crippen molar-refractivity contribution in [3.63, 3.8) is 0 Å². The summed E-state index contributed by atoms with van der Waals surface area (Å²) >= 11 is 0. The first-order valence-electron chi connectivity index (χ1n) is 3.62. The minimum Gasteiger partial charge on any atom is -0.401 e. The molecule has 0 radical (unpaired) electrons. The molecule has 1 aliphatic heterocycles. The predicted octanol–water partition coefficient (Wildman–Crippen LogP) is 1.33. The average molecular weight is 138 g/mol. The monoisotopic (exact) mass is 138 g/mol. The highest BCUT2D eigenvalue weighted by atomic mass is 14.8. The summed E-state index contributed by atoms with van der Waals surface area (Å²) < 4.78 is 0. The molecule has 56 valence electrons. The van der Waals surface area contributed by atoms with Crippen LogP contribution in [0.3, 0.4) is 0 Å². The van der Waals surface area contributed by atoms with E-state index in [0.29, 0.717) is 12.0 Å². The van der Waals surface area contributed by atoms with Crippen LogP contribution in [0.2, 0.25) is 0 Å². The van der Waals surface area contributed by atoms with Crippen LogP contribution in [-0.4, -0.2) is 12.3 Å². The van der Waals surface area contributed by atoms with Gasteiger partial charge in [-0.2, -0.15) is 0 Å². The minimum atomic E-state index is 0.351. The van der Waals surface area contributed by atoms with E-state index in [-0.39, 0.29) is 0 Å². The molecule has 2 unspecified atom stereocenters. The van der Waals surface area contributed by atoms with Gasteiger partial charge in [-0.25, -0.2) is 0 Å². The van der Waals surface area contributed by atoms with Gasteiger partial charge in [-0.15, -0.1) is 0 Å². The topological polar surface area (TPSA) is 38.4 Å². The zero-order valence-electron chi connectivity index (χ0n) is 6.76. The fourth-order valence-electron chi connectivity index (χ4n) is 1.05. The molecule has 0 amide bonds. The lowest BCUT2D eigenvalue weighted by Gasteiger charge is -2.21. The maximum atomic E-state index is 5.80. The van der Waals surface area contributed by atoms with E-state index in [1.807, 2.05) is 13.1 Å². The Balaban J connectivity index is 2.88. The molecule has 0 aromatic carbocycles. The molecule has 2 atom stereocenters. The molecule has 0 spiro atoms. The van der Waals surface area contributed by atoms with Crippen LogP contribution in [0, 0.1) is 5.92 Å². The van der Waals surface area contributed by atoms with Crippen LogP contribution in [-0.2, 0) is 0 Å². The second-order valence-electron chi connectivity index (χ2n) is 2.95. The molecule has 0 aromatic heterocycles. The van der Waals surface area contributed by atoms with Crippen molar-refractivity contribution in [1.29, 1.82) is 0 Å². The largest absolute Gasteiger partial charge is 0.401 e. The molecule has 1 aliphatic rings. The maximum Gasteiger partial charge on any atom is 0.0551 e. The maximum absolute atomic E-state index is 5.80. The first-order chi connectivity index (χ1) is 4.63. The zero-order chi connectivity index (χ0) is 7.72. The van der Waals surface area contributed by atoms with E-state index in [1.165, 1.54) is 0 Å². The Bertz CT molecular complexity index is 191. The van der Waals surface area contributed by atoms with Gasteiger partial charge in [0, 0.05) is 17.8 Å². The highest BCUT2D eigenvalue weighted by molar-refractivity contribution is 5.80. The molecule has 1 heterocycles. The molecule has 0 aromatic rings. The quantitative estimate of drug-likeness (QED) is 0.538. The Hall–Kier alpha value is -0.790. The van der Waals surface area contributed by atoms with Crippen molar-refractivity contribution < 1.29 is 0 Å². The first-order valence-corrected chi connectivity index (χ1v) is 3.62. The molecule has 1 rings (SSSR count). The number of dihydropyridines is 1. The normalized spacial score (nSPS) is 33.1. The number of allylic oxidation sites excluding steroid dienone is 1. The van der Waals surface area contributed by atoms with E-state index in [4.69, 9.17) is 5.73 Å². The lowest BCUT2D eigenvalue weighted by Crippen LogP contribution is -2.24. The van der Waals surface area contributed by atoms with Gasteiger partial charge >= 0.3 is 0 Å². The Labute approximate surface area is 61.8 Å². The van der Waals surface area contributed by atoms with Crippen molar-refractivity contribution in [2.24, 2.45) is 16.6 Å². The van der Waals surface area contributed by atoms with Gasteiger partial charge in [-0.05, 0) is 19.4 Å². The van der Waals surface area contributed by atoms with Crippen molar-refractivity contribution in [3.05, 3.63) is 11.3 Å². The summed E-state index contributed by atoms with van der Waals surface area (Å²) in [7, 11) is 0. The summed E-state index contributed by atoms with van der Waals surface area (Å²) in [5.74, 6) is 0.407.